The van der Waals surface area contributed by atoms with Gasteiger partial charge in [0.1, 0.15) is 5.82 Å². The van der Waals surface area contributed by atoms with Crippen molar-refractivity contribution in [1.82, 2.24) is 4.31 Å². The number of hydrogen-bond acceptors (Lipinski definition) is 5. The van der Waals surface area contributed by atoms with Gasteiger partial charge in [-0.15, -0.1) is 0 Å². The lowest BCUT2D eigenvalue weighted by atomic mass is 10.1. The summed E-state index contributed by atoms with van der Waals surface area (Å²) in [6.07, 6.45) is 0. The summed E-state index contributed by atoms with van der Waals surface area (Å²) in [4.78, 5) is 9.79. The standard InChI is InChI=1S/C16H16F3N3O4S/c1-2-21(9-16(20)12-7-14(18)15(19)8-13(12)17)27(25,26)11-5-3-10(4-6-11)22(23)24/h3-8,16H,2,9,20H2,1H3/t16-/m0/s1. The number of nitro groups is 1. The first-order valence-electron chi connectivity index (χ1n) is 7.72. The summed E-state index contributed by atoms with van der Waals surface area (Å²) >= 11 is 0. The molecule has 0 aliphatic carbocycles. The first-order chi connectivity index (χ1) is 12.6. The Morgan fingerprint density at radius 3 is 2.19 bits per heavy atom. The summed E-state index contributed by atoms with van der Waals surface area (Å²) < 4.78 is 66.6. The molecular weight excluding hydrogens is 387 g/mol. The Hall–Kier alpha value is -2.50. The van der Waals surface area contributed by atoms with Crippen LogP contribution in [0.4, 0.5) is 18.9 Å². The fourth-order valence-electron chi connectivity index (χ4n) is 2.43. The number of likely N-dealkylation sites (N-methyl/N-ethyl adjacent to an activating group) is 1. The van der Waals surface area contributed by atoms with Gasteiger partial charge in [-0.05, 0) is 18.2 Å². The molecule has 1 atom stereocenters. The molecule has 2 aromatic carbocycles. The summed E-state index contributed by atoms with van der Waals surface area (Å²) in [6.45, 7) is 1.06. The van der Waals surface area contributed by atoms with Gasteiger partial charge in [-0.25, -0.2) is 21.6 Å². The maximum atomic E-state index is 13.9. The Morgan fingerprint density at radius 1 is 1.11 bits per heavy atom. The molecule has 0 aromatic heterocycles. The molecule has 11 heteroatoms. The van der Waals surface area contributed by atoms with Crippen LogP contribution >= 0.6 is 0 Å². The van der Waals surface area contributed by atoms with Crippen molar-refractivity contribution in [2.75, 3.05) is 13.1 Å². The molecule has 0 aliphatic rings. The number of nitrogens with zero attached hydrogens (tertiary/aromatic N) is 2. The van der Waals surface area contributed by atoms with Crippen LogP contribution < -0.4 is 5.73 Å². The minimum Gasteiger partial charge on any atom is -0.323 e. The number of hydrogen-bond donors (Lipinski definition) is 1. The highest BCUT2D eigenvalue weighted by molar-refractivity contribution is 7.89. The zero-order chi connectivity index (χ0) is 20.4. The minimum absolute atomic E-state index is 0.0433. The summed E-state index contributed by atoms with van der Waals surface area (Å²) in [7, 11) is -4.09. The fourth-order valence-corrected chi connectivity index (χ4v) is 3.90. The van der Waals surface area contributed by atoms with Crippen molar-refractivity contribution >= 4 is 15.7 Å². The molecule has 0 saturated heterocycles. The van der Waals surface area contributed by atoms with Crippen LogP contribution in [0.1, 0.15) is 18.5 Å². The third-order valence-corrected chi connectivity index (χ3v) is 5.83. The average molecular weight is 403 g/mol. The van der Waals surface area contributed by atoms with Gasteiger partial charge in [-0.1, -0.05) is 6.92 Å². The second-order valence-electron chi connectivity index (χ2n) is 5.60. The first-order valence-corrected chi connectivity index (χ1v) is 9.16. The van der Waals surface area contributed by atoms with E-state index in [0.717, 1.165) is 28.6 Å². The summed E-state index contributed by atoms with van der Waals surface area (Å²) in [5.74, 6) is -3.78. The van der Waals surface area contributed by atoms with E-state index in [-0.39, 0.29) is 22.7 Å². The first kappa shape index (κ1) is 20.8. The normalized spacial score (nSPS) is 13.0. The lowest BCUT2D eigenvalue weighted by Crippen LogP contribution is -2.37. The second-order valence-corrected chi connectivity index (χ2v) is 7.54. The van der Waals surface area contributed by atoms with Crippen LogP contribution in [0.2, 0.25) is 0 Å². The van der Waals surface area contributed by atoms with Crippen LogP contribution in [-0.4, -0.2) is 30.7 Å². The number of non-ortho nitro benzene ring substituents is 1. The van der Waals surface area contributed by atoms with Gasteiger partial charge in [0.2, 0.25) is 10.0 Å². The average Bonchev–Trinajstić information content (AvgIpc) is 2.62. The molecule has 0 radical (unpaired) electrons. The van der Waals surface area contributed by atoms with Crippen LogP contribution in [0.15, 0.2) is 41.3 Å². The summed E-state index contributed by atoms with van der Waals surface area (Å²) in [5, 5.41) is 10.7. The van der Waals surface area contributed by atoms with E-state index >= 15 is 0 Å². The molecule has 0 saturated carbocycles. The smallest absolute Gasteiger partial charge is 0.269 e. The van der Waals surface area contributed by atoms with E-state index in [2.05, 4.69) is 0 Å². The molecule has 2 N–H and O–H groups in total. The highest BCUT2D eigenvalue weighted by atomic mass is 32.2. The number of sulfonamides is 1. The van der Waals surface area contributed by atoms with Crippen molar-refractivity contribution in [3.8, 4) is 0 Å². The van der Waals surface area contributed by atoms with E-state index in [0.29, 0.717) is 12.1 Å². The van der Waals surface area contributed by atoms with E-state index in [4.69, 9.17) is 5.73 Å². The van der Waals surface area contributed by atoms with Crippen LogP contribution in [0.5, 0.6) is 0 Å². The topological polar surface area (TPSA) is 107 Å². The Kier molecular flexibility index (Phi) is 6.19. The Morgan fingerprint density at radius 2 is 1.67 bits per heavy atom. The molecule has 0 heterocycles. The van der Waals surface area contributed by atoms with Gasteiger partial charge in [0, 0.05) is 42.9 Å². The Balaban J connectivity index is 2.30. The fraction of sp³-hybridized carbons (Fsp3) is 0.250. The number of rotatable bonds is 7. The highest BCUT2D eigenvalue weighted by Gasteiger charge is 2.27. The minimum atomic E-state index is -4.09. The van der Waals surface area contributed by atoms with E-state index in [1.54, 1.807) is 0 Å². The lowest BCUT2D eigenvalue weighted by molar-refractivity contribution is -0.384. The van der Waals surface area contributed by atoms with Crippen molar-refractivity contribution in [1.29, 1.82) is 0 Å². The lowest BCUT2D eigenvalue weighted by Gasteiger charge is -2.24. The Labute approximate surface area is 153 Å². The van der Waals surface area contributed by atoms with Crippen molar-refractivity contribution in [2.24, 2.45) is 5.73 Å². The van der Waals surface area contributed by atoms with E-state index < -0.39 is 45.0 Å². The van der Waals surface area contributed by atoms with Crippen LogP contribution in [0, 0.1) is 27.6 Å². The maximum Gasteiger partial charge on any atom is 0.269 e. The maximum absolute atomic E-state index is 13.9. The van der Waals surface area contributed by atoms with Crippen LogP contribution in [-0.2, 0) is 10.0 Å². The van der Waals surface area contributed by atoms with Gasteiger partial charge in [-0.3, -0.25) is 10.1 Å². The zero-order valence-corrected chi connectivity index (χ0v) is 14.9. The third kappa shape index (κ3) is 4.43. The Bertz CT molecular complexity index is 952. The predicted octanol–water partition coefficient (Wildman–Crippen LogP) is 2.72. The molecule has 2 rings (SSSR count). The predicted molar refractivity (Wildman–Crippen MR) is 90.8 cm³/mol. The molecule has 0 aliphatic heterocycles. The molecule has 27 heavy (non-hydrogen) atoms. The molecule has 0 amide bonds. The summed E-state index contributed by atoms with van der Waals surface area (Å²) in [5.41, 5.74) is 5.16. The molecular formula is C16H16F3N3O4S. The number of benzene rings is 2. The quantitative estimate of drug-likeness (QED) is 0.435. The van der Waals surface area contributed by atoms with E-state index in [1.807, 2.05) is 0 Å². The molecule has 146 valence electrons. The zero-order valence-electron chi connectivity index (χ0n) is 14.1. The van der Waals surface area contributed by atoms with Crippen molar-refractivity contribution in [2.45, 2.75) is 17.9 Å². The molecule has 0 spiro atoms. The molecule has 0 unspecified atom stereocenters. The van der Waals surface area contributed by atoms with Gasteiger partial charge >= 0.3 is 0 Å². The monoisotopic (exact) mass is 403 g/mol. The van der Waals surface area contributed by atoms with Gasteiger partial charge in [-0.2, -0.15) is 4.31 Å². The highest BCUT2D eigenvalue weighted by Crippen LogP contribution is 2.24. The molecule has 0 fully saturated rings. The molecule has 0 bridgehead atoms. The summed E-state index contributed by atoms with van der Waals surface area (Å²) in [6, 6.07) is 3.88. The van der Waals surface area contributed by atoms with Gasteiger partial charge in [0.05, 0.1) is 9.82 Å². The van der Waals surface area contributed by atoms with Crippen LogP contribution in [0.3, 0.4) is 0 Å². The van der Waals surface area contributed by atoms with Gasteiger partial charge in [0.15, 0.2) is 11.6 Å². The number of nitro benzene ring substituents is 1. The van der Waals surface area contributed by atoms with Crippen molar-refractivity contribution < 1.29 is 26.5 Å². The number of halogens is 3. The third-order valence-electron chi connectivity index (χ3n) is 3.88. The van der Waals surface area contributed by atoms with Crippen molar-refractivity contribution in [3.63, 3.8) is 0 Å². The van der Waals surface area contributed by atoms with Gasteiger partial charge in [0.25, 0.3) is 5.69 Å². The van der Waals surface area contributed by atoms with Crippen LogP contribution in [0.25, 0.3) is 0 Å². The molecule has 7 nitrogen and oxygen atoms in total. The van der Waals surface area contributed by atoms with E-state index in [9.17, 15) is 31.7 Å². The largest absolute Gasteiger partial charge is 0.323 e. The van der Waals surface area contributed by atoms with E-state index in [1.165, 1.54) is 6.92 Å². The van der Waals surface area contributed by atoms with Crippen molar-refractivity contribution in [3.05, 3.63) is 69.5 Å². The number of nitrogens with two attached hydrogens (primary N) is 1. The second kappa shape index (κ2) is 8.03. The van der Waals surface area contributed by atoms with Gasteiger partial charge < -0.3 is 5.73 Å². The molecule has 2 aromatic rings. The SMILES string of the molecule is CCN(C[C@H](N)c1cc(F)c(F)cc1F)S(=O)(=O)c1ccc([N+](=O)[O-])cc1.